The Morgan fingerprint density at radius 1 is 1.33 bits per heavy atom. The molecule has 7 heteroatoms. The molecule has 0 bridgehead atoms. The summed E-state index contributed by atoms with van der Waals surface area (Å²) in [5, 5.41) is 18.4. The molecule has 110 valence electrons. The monoisotopic (exact) mass is 324 g/mol. The zero-order valence-electron chi connectivity index (χ0n) is 11.1. The number of benzene rings is 1. The molecule has 0 spiro atoms. The second kappa shape index (κ2) is 6.60. The van der Waals surface area contributed by atoms with E-state index in [9.17, 15) is 9.59 Å². The zero-order valence-corrected chi connectivity index (χ0v) is 12.7. The van der Waals surface area contributed by atoms with Crippen LogP contribution in [0.1, 0.15) is 28.9 Å². The van der Waals surface area contributed by atoms with Gasteiger partial charge in [0.1, 0.15) is 0 Å². The van der Waals surface area contributed by atoms with Crippen molar-refractivity contribution in [1.29, 1.82) is 0 Å². The molecule has 2 amide bonds. The number of carboxylic acid groups (broad SMARTS) is 1. The van der Waals surface area contributed by atoms with Crippen molar-refractivity contribution >= 4 is 40.6 Å². The van der Waals surface area contributed by atoms with Crippen LogP contribution in [0.4, 0.5) is 10.5 Å². The Morgan fingerprint density at radius 2 is 2.10 bits per heavy atom. The highest BCUT2D eigenvalue weighted by Gasteiger charge is 2.13. The highest BCUT2D eigenvalue weighted by Crippen LogP contribution is 2.21. The number of hydrogen-bond donors (Lipinski definition) is 3. The molecule has 1 heterocycles. The van der Waals surface area contributed by atoms with Crippen LogP contribution in [0.2, 0.25) is 5.02 Å². The van der Waals surface area contributed by atoms with E-state index >= 15 is 0 Å². The lowest BCUT2D eigenvalue weighted by molar-refractivity contribution is 0.0697. The third-order valence-electron chi connectivity index (χ3n) is 2.85. The van der Waals surface area contributed by atoms with Gasteiger partial charge in [0, 0.05) is 5.69 Å². The van der Waals surface area contributed by atoms with E-state index in [1.165, 1.54) is 12.1 Å². The number of aromatic carboxylic acids is 1. The third-order valence-corrected chi connectivity index (χ3v) is 3.88. The van der Waals surface area contributed by atoms with Gasteiger partial charge < -0.3 is 15.7 Å². The third kappa shape index (κ3) is 3.96. The maximum absolute atomic E-state index is 11.9. The van der Waals surface area contributed by atoms with E-state index in [1.807, 2.05) is 23.8 Å². The summed E-state index contributed by atoms with van der Waals surface area (Å²) in [6, 6.07) is 5.68. The minimum Gasteiger partial charge on any atom is -0.478 e. The van der Waals surface area contributed by atoms with Gasteiger partial charge in [-0.15, -0.1) is 0 Å². The smallest absolute Gasteiger partial charge is 0.337 e. The number of carbonyl (C=O) groups is 2. The Morgan fingerprint density at radius 3 is 2.71 bits per heavy atom. The maximum atomic E-state index is 11.9. The fourth-order valence-electron chi connectivity index (χ4n) is 1.74. The van der Waals surface area contributed by atoms with Crippen molar-refractivity contribution in [3.63, 3.8) is 0 Å². The summed E-state index contributed by atoms with van der Waals surface area (Å²) < 4.78 is 0. The Kier molecular flexibility index (Phi) is 4.82. The van der Waals surface area contributed by atoms with Crippen LogP contribution in [0.5, 0.6) is 0 Å². The minimum atomic E-state index is -1.14. The molecular formula is C14H13ClN2O3S. The van der Waals surface area contributed by atoms with Crippen LogP contribution >= 0.6 is 22.9 Å². The van der Waals surface area contributed by atoms with Crippen molar-refractivity contribution in [2.75, 3.05) is 5.32 Å². The number of nitrogens with one attached hydrogen (secondary N) is 2. The number of halogens is 1. The van der Waals surface area contributed by atoms with Crippen molar-refractivity contribution in [3.05, 3.63) is 51.2 Å². The standard InChI is InChI=1S/C14H13ClN2O3S/c1-8(9-4-5-21-7-9)16-14(20)17-10-2-3-12(15)11(6-10)13(18)19/h2-8H,1H3,(H,18,19)(H2,16,17,20). The topological polar surface area (TPSA) is 78.4 Å². The number of carboxylic acids is 1. The number of carbonyl (C=O) groups excluding carboxylic acids is 1. The van der Waals surface area contributed by atoms with E-state index in [0.717, 1.165) is 5.56 Å². The minimum absolute atomic E-state index is 0.0552. The molecule has 3 N–H and O–H groups in total. The highest BCUT2D eigenvalue weighted by molar-refractivity contribution is 7.07. The normalized spacial score (nSPS) is 11.7. The summed E-state index contributed by atoms with van der Waals surface area (Å²) in [5.41, 5.74) is 1.32. The van der Waals surface area contributed by atoms with Crippen molar-refractivity contribution in [3.8, 4) is 0 Å². The van der Waals surface area contributed by atoms with Crippen molar-refractivity contribution in [2.24, 2.45) is 0 Å². The van der Waals surface area contributed by atoms with Gasteiger partial charge in [0.2, 0.25) is 0 Å². The van der Waals surface area contributed by atoms with Gasteiger partial charge in [-0.2, -0.15) is 11.3 Å². The van der Waals surface area contributed by atoms with E-state index < -0.39 is 12.0 Å². The predicted octanol–water partition coefficient (Wildman–Crippen LogP) is 3.98. The molecule has 1 aromatic heterocycles. The average molecular weight is 325 g/mol. The van der Waals surface area contributed by atoms with Gasteiger partial charge in [-0.1, -0.05) is 11.6 Å². The molecule has 1 atom stereocenters. The van der Waals surface area contributed by atoms with Crippen LogP contribution in [0, 0.1) is 0 Å². The summed E-state index contributed by atoms with van der Waals surface area (Å²) >= 11 is 7.33. The molecule has 0 saturated heterocycles. The van der Waals surface area contributed by atoms with E-state index in [-0.39, 0.29) is 16.6 Å². The van der Waals surface area contributed by atoms with Crippen molar-refractivity contribution in [2.45, 2.75) is 13.0 Å². The van der Waals surface area contributed by atoms with Crippen LogP contribution in [0.25, 0.3) is 0 Å². The summed E-state index contributed by atoms with van der Waals surface area (Å²) in [4.78, 5) is 22.9. The number of thiophene rings is 1. The van der Waals surface area contributed by atoms with E-state index in [2.05, 4.69) is 10.6 Å². The average Bonchev–Trinajstić information content (AvgIpc) is 2.94. The molecular weight excluding hydrogens is 312 g/mol. The Labute approximate surface area is 130 Å². The van der Waals surface area contributed by atoms with Gasteiger partial charge in [0.25, 0.3) is 0 Å². The first-order valence-electron chi connectivity index (χ1n) is 6.10. The van der Waals surface area contributed by atoms with Crippen LogP contribution < -0.4 is 10.6 Å². The molecule has 1 aromatic carbocycles. The van der Waals surface area contributed by atoms with Gasteiger partial charge in [0.05, 0.1) is 16.6 Å². The number of amides is 2. The fraction of sp³-hybridized carbons (Fsp3) is 0.143. The molecule has 0 aliphatic rings. The molecule has 2 aromatic rings. The molecule has 5 nitrogen and oxygen atoms in total. The lowest BCUT2D eigenvalue weighted by Crippen LogP contribution is -2.31. The van der Waals surface area contributed by atoms with E-state index in [0.29, 0.717) is 5.69 Å². The number of hydrogen-bond acceptors (Lipinski definition) is 3. The molecule has 21 heavy (non-hydrogen) atoms. The quantitative estimate of drug-likeness (QED) is 0.796. The van der Waals surface area contributed by atoms with Crippen LogP contribution in [-0.2, 0) is 0 Å². The zero-order chi connectivity index (χ0) is 15.4. The second-order valence-corrected chi connectivity index (χ2v) is 5.56. The molecule has 0 aliphatic heterocycles. The number of urea groups is 1. The fourth-order valence-corrected chi connectivity index (χ4v) is 2.69. The maximum Gasteiger partial charge on any atom is 0.337 e. The van der Waals surface area contributed by atoms with Crippen LogP contribution in [0.3, 0.4) is 0 Å². The molecule has 1 unspecified atom stereocenters. The Bertz CT molecular complexity index is 658. The van der Waals surface area contributed by atoms with E-state index in [1.54, 1.807) is 17.4 Å². The van der Waals surface area contributed by atoms with Gasteiger partial charge in [-0.3, -0.25) is 0 Å². The Hall–Kier alpha value is -2.05. The molecule has 0 saturated carbocycles. The first-order chi connectivity index (χ1) is 9.97. The lowest BCUT2D eigenvalue weighted by Gasteiger charge is -2.14. The SMILES string of the molecule is CC(NC(=O)Nc1ccc(Cl)c(C(=O)O)c1)c1ccsc1. The van der Waals surface area contributed by atoms with Gasteiger partial charge in [-0.25, -0.2) is 9.59 Å². The highest BCUT2D eigenvalue weighted by atomic mass is 35.5. The number of anilines is 1. The molecule has 0 aliphatic carbocycles. The van der Waals surface area contributed by atoms with Gasteiger partial charge in [0.15, 0.2) is 0 Å². The van der Waals surface area contributed by atoms with Gasteiger partial charge in [-0.05, 0) is 47.5 Å². The summed E-state index contributed by atoms with van der Waals surface area (Å²) in [6.07, 6.45) is 0. The second-order valence-electron chi connectivity index (χ2n) is 4.38. The summed E-state index contributed by atoms with van der Waals surface area (Å²) in [7, 11) is 0. The summed E-state index contributed by atoms with van der Waals surface area (Å²) in [5.74, 6) is -1.14. The van der Waals surface area contributed by atoms with E-state index in [4.69, 9.17) is 16.7 Å². The first-order valence-corrected chi connectivity index (χ1v) is 7.42. The van der Waals surface area contributed by atoms with Crippen LogP contribution in [-0.4, -0.2) is 17.1 Å². The van der Waals surface area contributed by atoms with Gasteiger partial charge >= 0.3 is 12.0 Å². The molecule has 2 rings (SSSR count). The summed E-state index contributed by atoms with van der Waals surface area (Å²) in [6.45, 7) is 1.87. The molecule has 0 fully saturated rings. The lowest BCUT2D eigenvalue weighted by atomic mass is 10.2. The largest absolute Gasteiger partial charge is 0.478 e. The first kappa shape index (κ1) is 15.3. The van der Waals surface area contributed by atoms with Crippen molar-refractivity contribution in [1.82, 2.24) is 5.32 Å². The number of rotatable bonds is 4. The molecule has 0 radical (unpaired) electrons. The van der Waals surface area contributed by atoms with Crippen molar-refractivity contribution < 1.29 is 14.7 Å². The Balaban J connectivity index is 2.03. The van der Waals surface area contributed by atoms with Crippen LogP contribution in [0.15, 0.2) is 35.0 Å². The predicted molar refractivity (Wildman–Crippen MR) is 83.3 cm³/mol.